The first-order valence-corrected chi connectivity index (χ1v) is 5.53. The fourth-order valence-corrected chi connectivity index (χ4v) is 1.38. The van der Waals surface area contributed by atoms with Crippen LogP contribution in [0, 0.1) is 0 Å². The third kappa shape index (κ3) is 4.38. The molecule has 0 aliphatic rings. The normalized spacial score (nSPS) is 9.71. The minimum Gasteiger partial charge on any atom is -0.444 e. The van der Waals surface area contributed by atoms with Crippen LogP contribution in [0.4, 0.5) is 4.79 Å². The smallest absolute Gasteiger partial charge is 0.416 e. The van der Waals surface area contributed by atoms with Crippen molar-refractivity contribution in [3.05, 3.63) is 35.9 Å². The van der Waals surface area contributed by atoms with E-state index in [1.165, 1.54) is 0 Å². The Morgan fingerprint density at radius 3 is 2.53 bits per heavy atom. The summed E-state index contributed by atoms with van der Waals surface area (Å²) < 4.78 is 5.07. The molecular formula is C11H15N3O2S. The highest BCUT2D eigenvalue weighted by Gasteiger charge is 2.16. The maximum atomic E-state index is 11.6. The van der Waals surface area contributed by atoms with Gasteiger partial charge in [0, 0.05) is 13.1 Å². The molecule has 4 N–H and O–H groups in total. The van der Waals surface area contributed by atoms with Gasteiger partial charge in [0.25, 0.3) is 0 Å². The van der Waals surface area contributed by atoms with Crippen molar-refractivity contribution in [1.29, 1.82) is 0 Å². The number of rotatable bonds is 4. The molecule has 0 spiro atoms. The monoisotopic (exact) mass is 253 g/mol. The molecule has 1 amide bonds. The van der Waals surface area contributed by atoms with Gasteiger partial charge in [0.2, 0.25) is 0 Å². The van der Waals surface area contributed by atoms with Gasteiger partial charge in [-0.25, -0.2) is 4.79 Å². The molecule has 1 aromatic carbocycles. The maximum Gasteiger partial charge on any atom is 0.416 e. The van der Waals surface area contributed by atoms with Crippen LogP contribution >= 0.6 is 12.2 Å². The number of ether oxygens (including phenoxy) is 1. The van der Waals surface area contributed by atoms with E-state index >= 15 is 0 Å². The van der Waals surface area contributed by atoms with Gasteiger partial charge in [-0.1, -0.05) is 30.3 Å². The van der Waals surface area contributed by atoms with Gasteiger partial charge >= 0.3 is 6.09 Å². The standard InChI is InChI=1S/C11H15N3O2S/c12-6-7-14(10(13)17)11(15)16-8-9-4-2-1-3-5-9/h1-5H,6-8,12H2,(H2,13,17). The fraction of sp³-hybridized carbons (Fsp3) is 0.273. The summed E-state index contributed by atoms with van der Waals surface area (Å²) >= 11 is 4.74. The molecule has 1 aromatic rings. The minimum absolute atomic E-state index is 0.0338. The molecule has 0 saturated carbocycles. The number of thiocarbonyl (C=S) groups is 1. The van der Waals surface area contributed by atoms with E-state index in [-0.39, 0.29) is 24.8 Å². The number of nitrogens with two attached hydrogens (primary N) is 2. The summed E-state index contributed by atoms with van der Waals surface area (Å²) in [5, 5.41) is -0.0338. The molecule has 6 heteroatoms. The lowest BCUT2D eigenvalue weighted by molar-refractivity contribution is 0.117. The van der Waals surface area contributed by atoms with Crippen molar-refractivity contribution in [3.8, 4) is 0 Å². The number of carbonyl (C=O) groups excluding carboxylic acids is 1. The van der Waals surface area contributed by atoms with E-state index in [1.54, 1.807) is 0 Å². The van der Waals surface area contributed by atoms with Gasteiger partial charge in [-0.15, -0.1) is 0 Å². The van der Waals surface area contributed by atoms with Crippen LogP contribution in [0.5, 0.6) is 0 Å². The van der Waals surface area contributed by atoms with Gasteiger partial charge in [-0.2, -0.15) is 0 Å². The second-order valence-electron chi connectivity index (χ2n) is 3.32. The molecule has 0 unspecified atom stereocenters. The molecule has 0 aliphatic heterocycles. The van der Waals surface area contributed by atoms with E-state index in [2.05, 4.69) is 0 Å². The summed E-state index contributed by atoms with van der Waals surface area (Å²) in [5.74, 6) is 0. The molecule has 0 fully saturated rings. The lowest BCUT2D eigenvalue weighted by Crippen LogP contribution is -2.43. The first kappa shape index (κ1) is 13.4. The lowest BCUT2D eigenvalue weighted by Gasteiger charge is -2.19. The molecular weight excluding hydrogens is 238 g/mol. The number of amides is 1. The number of hydrogen-bond acceptors (Lipinski definition) is 4. The van der Waals surface area contributed by atoms with Gasteiger partial charge in [0.15, 0.2) is 5.11 Å². The Morgan fingerprint density at radius 1 is 1.35 bits per heavy atom. The highest BCUT2D eigenvalue weighted by Crippen LogP contribution is 2.03. The van der Waals surface area contributed by atoms with Crippen molar-refractivity contribution < 1.29 is 9.53 Å². The van der Waals surface area contributed by atoms with Crippen LogP contribution in [-0.4, -0.2) is 29.2 Å². The topological polar surface area (TPSA) is 81.6 Å². The van der Waals surface area contributed by atoms with Gasteiger partial charge in [-0.3, -0.25) is 4.90 Å². The zero-order valence-electron chi connectivity index (χ0n) is 9.33. The Morgan fingerprint density at radius 2 is 2.00 bits per heavy atom. The number of benzene rings is 1. The zero-order valence-corrected chi connectivity index (χ0v) is 10.2. The van der Waals surface area contributed by atoms with E-state index in [9.17, 15) is 4.79 Å². The van der Waals surface area contributed by atoms with Crippen LogP contribution in [0.2, 0.25) is 0 Å². The van der Waals surface area contributed by atoms with Crippen LogP contribution in [0.15, 0.2) is 30.3 Å². The number of hydrogen-bond donors (Lipinski definition) is 2. The average molecular weight is 253 g/mol. The Bertz CT molecular complexity index is 384. The van der Waals surface area contributed by atoms with Gasteiger partial charge in [0.05, 0.1) is 0 Å². The molecule has 0 bridgehead atoms. The van der Waals surface area contributed by atoms with E-state index in [0.717, 1.165) is 10.5 Å². The zero-order chi connectivity index (χ0) is 12.7. The van der Waals surface area contributed by atoms with Crippen molar-refractivity contribution >= 4 is 23.4 Å². The van der Waals surface area contributed by atoms with Gasteiger partial charge in [-0.05, 0) is 17.8 Å². The molecule has 17 heavy (non-hydrogen) atoms. The predicted molar refractivity (Wildman–Crippen MR) is 69.2 cm³/mol. The third-order valence-electron chi connectivity index (χ3n) is 2.04. The van der Waals surface area contributed by atoms with Crippen LogP contribution in [0.25, 0.3) is 0 Å². The van der Waals surface area contributed by atoms with Crippen LogP contribution in [0.1, 0.15) is 5.56 Å². The summed E-state index contributed by atoms with van der Waals surface area (Å²) in [5.41, 5.74) is 11.6. The highest BCUT2D eigenvalue weighted by atomic mass is 32.1. The molecule has 0 radical (unpaired) electrons. The van der Waals surface area contributed by atoms with Crippen LogP contribution in [-0.2, 0) is 11.3 Å². The van der Waals surface area contributed by atoms with E-state index in [0.29, 0.717) is 0 Å². The van der Waals surface area contributed by atoms with E-state index in [1.807, 2.05) is 30.3 Å². The number of carbonyl (C=O) groups is 1. The van der Waals surface area contributed by atoms with E-state index < -0.39 is 6.09 Å². The van der Waals surface area contributed by atoms with Crippen molar-refractivity contribution in [2.45, 2.75) is 6.61 Å². The first-order valence-electron chi connectivity index (χ1n) is 5.13. The summed E-state index contributed by atoms with van der Waals surface area (Å²) in [6, 6.07) is 9.35. The molecule has 0 atom stereocenters. The summed E-state index contributed by atoms with van der Waals surface area (Å²) in [6.45, 7) is 0.712. The SMILES string of the molecule is NCCN(C(=O)OCc1ccccc1)C(N)=S. The Labute approximate surface area is 105 Å². The van der Waals surface area contributed by atoms with Gasteiger partial charge < -0.3 is 16.2 Å². The lowest BCUT2D eigenvalue weighted by atomic mass is 10.2. The Kier molecular flexibility index (Phi) is 5.38. The Hall–Kier alpha value is -1.66. The van der Waals surface area contributed by atoms with Crippen LogP contribution < -0.4 is 11.5 Å². The van der Waals surface area contributed by atoms with E-state index in [4.69, 9.17) is 28.4 Å². The minimum atomic E-state index is -0.577. The molecule has 5 nitrogen and oxygen atoms in total. The quantitative estimate of drug-likeness (QED) is 0.777. The second kappa shape index (κ2) is 6.82. The fourth-order valence-electron chi connectivity index (χ4n) is 1.22. The van der Waals surface area contributed by atoms with Crippen molar-refractivity contribution in [3.63, 3.8) is 0 Å². The molecule has 92 valence electrons. The molecule has 0 aromatic heterocycles. The summed E-state index contributed by atoms with van der Waals surface area (Å²) in [4.78, 5) is 12.8. The average Bonchev–Trinajstić information content (AvgIpc) is 2.34. The molecule has 1 rings (SSSR count). The highest BCUT2D eigenvalue weighted by molar-refractivity contribution is 7.80. The van der Waals surface area contributed by atoms with Crippen molar-refractivity contribution in [2.24, 2.45) is 11.5 Å². The predicted octanol–water partition coefficient (Wildman–Crippen LogP) is 0.827. The van der Waals surface area contributed by atoms with Crippen molar-refractivity contribution in [2.75, 3.05) is 13.1 Å². The maximum absolute atomic E-state index is 11.6. The Balaban J connectivity index is 2.50. The second-order valence-corrected chi connectivity index (χ2v) is 3.74. The van der Waals surface area contributed by atoms with Crippen molar-refractivity contribution in [1.82, 2.24) is 4.90 Å². The van der Waals surface area contributed by atoms with Crippen LogP contribution in [0.3, 0.4) is 0 Å². The molecule has 0 saturated heterocycles. The largest absolute Gasteiger partial charge is 0.444 e. The summed E-state index contributed by atoms with van der Waals surface area (Å²) in [7, 11) is 0. The first-order chi connectivity index (χ1) is 8.15. The van der Waals surface area contributed by atoms with Gasteiger partial charge in [0.1, 0.15) is 6.61 Å². The third-order valence-corrected chi connectivity index (χ3v) is 2.26. The summed E-state index contributed by atoms with van der Waals surface area (Å²) in [6.07, 6.45) is -0.577. The molecule has 0 heterocycles. The number of nitrogens with zero attached hydrogens (tertiary/aromatic N) is 1. The molecule has 0 aliphatic carbocycles.